The number of carbonyl (C=O) groups excluding carboxylic acids is 1. The summed E-state index contributed by atoms with van der Waals surface area (Å²) in [5.41, 5.74) is 6.93. The van der Waals surface area contributed by atoms with Crippen LogP contribution in [0.1, 0.15) is 10.4 Å². The lowest BCUT2D eigenvalue weighted by Gasteiger charge is -2.06. The standard InChI is InChI=1S/C25H16O2/c26-16-17-8-10-18(11-9-17)19-12-14-20(15-13-19)21-5-3-6-23-22-4-1-2-7-24(22)27-25(21)23/h1-16H. The molecule has 0 N–H and O–H groups in total. The Morgan fingerprint density at radius 2 is 1.22 bits per heavy atom. The molecule has 1 aromatic heterocycles. The molecule has 128 valence electrons. The van der Waals surface area contributed by atoms with Gasteiger partial charge in [0.25, 0.3) is 0 Å². The Kier molecular flexibility index (Phi) is 3.61. The second-order valence-corrected chi connectivity index (χ2v) is 6.60. The van der Waals surface area contributed by atoms with Gasteiger partial charge in [-0.05, 0) is 22.8 Å². The van der Waals surface area contributed by atoms with Crippen molar-refractivity contribution < 1.29 is 9.21 Å². The Bertz CT molecular complexity index is 1260. The van der Waals surface area contributed by atoms with Crippen LogP contribution in [0.15, 0.2) is 95.4 Å². The van der Waals surface area contributed by atoms with Crippen molar-refractivity contribution >= 4 is 28.2 Å². The molecular weight excluding hydrogens is 332 g/mol. The zero-order valence-electron chi connectivity index (χ0n) is 14.6. The summed E-state index contributed by atoms with van der Waals surface area (Å²) >= 11 is 0. The summed E-state index contributed by atoms with van der Waals surface area (Å²) in [5.74, 6) is 0. The summed E-state index contributed by atoms with van der Waals surface area (Å²) in [6, 6.07) is 30.5. The fourth-order valence-corrected chi connectivity index (χ4v) is 3.57. The summed E-state index contributed by atoms with van der Waals surface area (Å²) in [4.78, 5) is 10.8. The second kappa shape index (κ2) is 6.26. The molecule has 1 heterocycles. The third-order valence-electron chi connectivity index (χ3n) is 4.98. The normalized spacial score (nSPS) is 11.1. The molecule has 0 aliphatic rings. The van der Waals surface area contributed by atoms with Gasteiger partial charge in [-0.3, -0.25) is 4.79 Å². The van der Waals surface area contributed by atoms with Gasteiger partial charge in [0.2, 0.25) is 0 Å². The molecule has 27 heavy (non-hydrogen) atoms. The quantitative estimate of drug-likeness (QED) is 0.338. The van der Waals surface area contributed by atoms with Crippen LogP contribution in [0.25, 0.3) is 44.2 Å². The van der Waals surface area contributed by atoms with Crippen LogP contribution < -0.4 is 0 Å². The van der Waals surface area contributed by atoms with Crippen LogP contribution >= 0.6 is 0 Å². The zero-order chi connectivity index (χ0) is 18.2. The van der Waals surface area contributed by atoms with Gasteiger partial charge in [-0.1, -0.05) is 84.9 Å². The highest BCUT2D eigenvalue weighted by molar-refractivity contribution is 6.09. The van der Waals surface area contributed by atoms with Gasteiger partial charge in [-0.25, -0.2) is 0 Å². The Morgan fingerprint density at radius 1 is 0.593 bits per heavy atom. The van der Waals surface area contributed by atoms with Crippen LogP contribution in [0, 0.1) is 0 Å². The van der Waals surface area contributed by atoms with Crippen LogP contribution in [0.3, 0.4) is 0 Å². The molecule has 0 amide bonds. The van der Waals surface area contributed by atoms with Gasteiger partial charge < -0.3 is 4.42 Å². The first-order chi connectivity index (χ1) is 13.3. The number of hydrogen-bond donors (Lipinski definition) is 0. The number of para-hydroxylation sites is 2. The maximum Gasteiger partial charge on any atom is 0.150 e. The zero-order valence-corrected chi connectivity index (χ0v) is 14.6. The van der Waals surface area contributed by atoms with E-state index < -0.39 is 0 Å². The van der Waals surface area contributed by atoms with Gasteiger partial charge in [-0.15, -0.1) is 0 Å². The summed E-state index contributed by atoms with van der Waals surface area (Å²) in [6.45, 7) is 0. The highest BCUT2D eigenvalue weighted by Gasteiger charge is 2.11. The van der Waals surface area contributed by atoms with Crippen molar-refractivity contribution in [3.05, 3.63) is 96.6 Å². The maximum atomic E-state index is 10.8. The van der Waals surface area contributed by atoms with E-state index in [0.29, 0.717) is 5.56 Å². The highest BCUT2D eigenvalue weighted by atomic mass is 16.3. The first-order valence-electron chi connectivity index (χ1n) is 8.90. The van der Waals surface area contributed by atoms with Gasteiger partial charge in [0.1, 0.15) is 17.5 Å². The summed E-state index contributed by atoms with van der Waals surface area (Å²) in [5, 5.41) is 2.28. The average Bonchev–Trinajstić information content (AvgIpc) is 3.13. The molecule has 0 saturated heterocycles. The Morgan fingerprint density at radius 3 is 1.96 bits per heavy atom. The van der Waals surface area contributed by atoms with Crippen LogP contribution in [0.5, 0.6) is 0 Å². The fourth-order valence-electron chi connectivity index (χ4n) is 3.57. The highest BCUT2D eigenvalue weighted by Crippen LogP contribution is 2.36. The molecule has 0 bridgehead atoms. The minimum atomic E-state index is 0.687. The number of rotatable bonds is 3. The van der Waals surface area contributed by atoms with E-state index in [1.807, 2.05) is 42.5 Å². The number of hydrogen-bond acceptors (Lipinski definition) is 2. The summed E-state index contributed by atoms with van der Waals surface area (Å²) < 4.78 is 6.15. The molecule has 0 aliphatic carbocycles. The van der Waals surface area contributed by atoms with Gasteiger partial charge in [0.05, 0.1) is 0 Å². The van der Waals surface area contributed by atoms with Crippen LogP contribution in [-0.4, -0.2) is 6.29 Å². The molecule has 0 aliphatic heterocycles. The number of aldehydes is 1. The third-order valence-corrected chi connectivity index (χ3v) is 4.98. The number of carbonyl (C=O) groups is 1. The second-order valence-electron chi connectivity index (χ2n) is 6.60. The SMILES string of the molecule is O=Cc1ccc(-c2ccc(-c3cccc4c3oc3ccccc34)cc2)cc1. The molecule has 2 nitrogen and oxygen atoms in total. The molecule has 5 aromatic rings. The van der Waals surface area contributed by atoms with E-state index in [1.165, 1.54) is 0 Å². The topological polar surface area (TPSA) is 30.2 Å². The van der Waals surface area contributed by atoms with Crippen molar-refractivity contribution in [3.63, 3.8) is 0 Å². The molecule has 0 radical (unpaired) electrons. The molecule has 2 heteroatoms. The molecule has 0 saturated carbocycles. The van der Waals surface area contributed by atoms with E-state index in [1.54, 1.807) is 0 Å². The molecular formula is C25H16O2. The fraction of sp³-hybridized carbons (Fsp3) is 0. The minimum absolute atomic E-state index is 0.687. The number of benzene rings is 4. The molecule has 0 atom stereocenters. The molecule has 5 rings (SSSR count). The van der Waals surface area contributed by atoms with Crippen LogP contribution in [0.2, 0.25) is 0 Å². The number of fused-ring (bicyclic) bond motifs is 3. The predicted molar refractivity (Wildman–Crippen MR) is 110 cm³/mol. The largest absolute Gasteiger partial charge is 0.455 e. The molecule has 0 fully saturated rings. The summed E-state index contributed by atoms with van der Waals surface area (Å²) in [6.07, 6.45) is 0.862. The van der Waals surface area contributed by atoms with E-state index in [0.717, 1.165) is 50.5 Å². The Balaban J connectivity index is 1.59. The lowest BCUT2D eigenvalue weighted by Crippen LogP contribution is -1.83. The van der Waals surface area contributed by atoms with Gasteiger partial charge in [-0.2, -0.15) is 0 Å². The summed E-state index contributed by atoms with van der Waals surface area (Å²) in [7, 11) is 0. The van der Waals surface area contributed by atoms with Crippen molar-refractivity contribution in [2.75, 3.05) is 0 Å². The third kappa shape index (κ3) is 2.63. The first-order valence-corrected chi connectivity index (χ1v) is 8.90. The Hall–Kier alpha value is -3.65. The monoisotopic (exact) mass is 348 g/mol. The van der Waals surface area contributed by atoms with Crippen LogP contribution in [-0.2, 0) is 0 Å². The maximum absolute atomic E-state index is 10.8. The lowest BCUT2D eigenvalue weighted by molar-refractivity contribution is 0.112. The van der Waals surface area contributed by atoms with Crippen LogP contribution in [0.4, 0.5) is 0 Å². The van der Waals surface area contributed by atoms with Crippen molar-refractivity contribution in [1.29, 1.82) is 0 Å². The molecule has 0 spiro atoms. The van der Waals surface area contributed by atoms with Crippen molar-refractivity contribution in [1.82, 2.24) is 0 Å². The molecule has 4 aromatic carbocycles. The predicted octanol–water partition coefficient (Wildman–Crippen LogP) is 6.73. The van der Waals surface area contributed by atoms with Crippen molar-refractivity contribution in [2.45, 2.75) is 0 Å². The van der Waals surface area contributed by atoms with Crippen molar-refractivity contribution in [2.24, 2.45) is 0 Å². The number of furan rings is 1. The van der Waals surface area contributed by atoms with E-state index in [-0.39, 0.29) is 0 Å². The van der Waals surface area contributed by atoms with Crippen molar-refractivity contribution in [3.8, 4) is 22.3 Å². The smallest absolute Gasteiger partial charge is 0.150 e. The molecule has 0 unspecified atom stereocenters. The van der Waals surface area contributed by atoms with Gasteiger partial charge >= 0.3 is 0 Å². The average molecular weight is 348 g/mol. The lowest BCUT2D eigenvalue weighted by atomic mass is 9.98. The van der Waals surface area contributed by atoms with E-state index in [4.69, 9.17) is 4.42 Å². The van der Waals surface area contributed by atoms with Gasteiger partial charge in [0, 0.05) is 21.9 Å². The van der Waals surface area contributed by atoms with E-state index >= 15 is 0 Å². The minimum Gasteiger partial charge on any atom is -0.455 e. The van der Waals surface area contributed by atoms with E-state index in [9.17, 15) is 4.79 Å². The van der Waals surface area contributed by atoms with Gasteiger partial charge in [0.15, 0.2) is 0 Å². The Labute approximate surface area is 156 Å². The van der Waals surface area contributed by atoms with E-state index in [2.05, 4.69) is 48.5 Å². The first kappa shape index (κ1) is 15.6.